The van der Waals surface area contributed by atoms with Crippen LogP contribution in [0.3, 0.4) is 0 Å². The zero-order chi connectivity index (χ0) is 18.5. The number of aliphatic imine (C=N–C) groups is 1. The van der Waals surface area contributed by atoms with Crippen molar-refractivity contribution < 1.29 is 0 Å². The van der Waals surface area contributed by atoms with Gasteiger partial charge >= 0.3 is 0 Å². The Bertz CT molecular complexity index is 729. The van der Waals surface area contributed by atoms with Gasteiger partial charge in [0.15, 0.2) is 5.96 Å². The minimum atomic E-state index is 0. The molecule has 0 spiro atoms. The Hall–Kier alpha value is -0.710. The average Bonchev–Trinajstić information content (AvgIpc) is 3.25. The summed E-state index contributed by atoms with van der Waals surface area (Å²) < 4.78 is 0. The van der Waals surface area contributed by atoms with Gasteiger partial charge in [-0.3, -0.25) is 9.89 Å². The molecule has 2 atom stereocenters. The molecule has 2 unspecified atom stereocenters. The molecule has 0 aromatic carbocycles. The van der Waals surface area contributed by atoms with Crippen molar-refractivity contribution in [2.75, 3.05) is 27.2 Å². The standard InChI is InChI=1S/C19H29N5S2.HI/c1-13-17(26-14(2)23-13)12-22-19(20-3)21-11-15-7-5-9-24(4)18(15)16-8-6-10-25-16;/h6,8,10,15,18H,5,7,9,11-12H2,1-4H3,(H2,20,21,22);1H. The molecule has 1 aliphatic heterocycles. The van der Waals surface area contributed by atoms with Crippen LogP contribution in [0.2, 0.25) is 0 Å². The van der Waals surface area contributed by atoms with E-state index >= 15 is 0 Å². The molecule has 8 heteroatoms. The number of guanidine groups is 1. The number of halogens is 1. The molecule has 5 nitrogen and oxygen atoms in total. The summed E-state index contributed by atoms with van der Waals surface area (Å²) in [5.74, 6) is 1.46. The Labute approximate surface area is 187 Å². The Morgan fingerprint density at radius 3 is 2.81 bits per heavy atom. The molecule has 1 aliphatic rings. The Balaban J connectivity index is 0.00000261. The number of piperidine rings is 1. The second kappa shape index (κ2) is 10.7. The molecule has 0 aliphatic carbocycles. The van der Waals surface area contributed by atoms with Gasteiger partial charge in [-0.2, -0.15) is 0 Å². The Morgan fingerprint density at radius 1 is 1.37 bits per heavy atom. The summed E-state index contributed by atoms with van der Waals surface area (Å²) in [6, 6.07) is 4.93. The minimum absolute atomic E-state index is 0. The van der Waals surface area contributed by atoms with Gasteiger partial charge in [-0.25, -0.2) is 4.98 Å². The van der Waals surface area contributed by atoms with E-state index in [9.17, 15) is 0 Å². The van der Waals surface area contributed by atoms with E-state index in [0.29, 0.717) is 12.0 Å². The van der Waals surface area contributed by atoms with Crippen molar-refractivity contribution in [1.29, 1.82) is 0 Å². The molecule has 2 N–H and O–H groups in total. The van der Waals surface area contributed by atoms with Crippen molar-refractivity contribution >= 4 is 52.6 Å². The third-order valence-electron chi connectivity index (χ3n) is 5.01. The van der Waals surface area contributed by atoms with Crippen molar-refractivity contribution in [3.8, 4) is 0 Å². The number of likely N-dealkylation sites (tertiary alicyclic amines) is 1. The Morgan fingerprint density at radius 2 is 2.19 bits per heavy atom. The van der Waals surface area contributed by atoms with E-state index in [1.807, 2.05) is 18.4 Å². The maximum Gasteiger partial charge on any atom is 0.191 e. The van der Waals surface area contributed by atoms with E-state index in [1.165, 1.54) is 29.1 Å². The normalized spacial score (nSPS) is 21.0. The monoisotopic (exact) mass is 519 g/mol. The molecule has 3 heterocycles. The van der Waals surface area contributed by atoms with Gasteiger partial charge in [0.25, 0.3) is 0 Å². The topological polar surface area (TPSA) is 52.6 Å². The lowest BCUT2D eigenvalue weighted by Gasteiger charge is -2.39. The van der Waals surface area contributed by atoms with Crippen molar-refractivity contribution in [3.63, 3.8) is 0 Å². The predicted octanol–water partition coefficient (Wildman–Crippen LogP) is 4.19. The molecule has 0 bridgehead atoms. The van der Waals surface area contributed by atoms with E-state index in [2.05, 4.69) is 63.9 Å². The third-order valence-corrected chi connectivity index (χ3v) is 7.03. The van der Waals surface area contributed by atoms with E-state index in [1.54, 1.807) is 11.3 Å². The molecule has 0 amide bonds. The summed E-state index contributed by atoms with van der Waals surface area (Å²) >= 11 is 3.62. The highest BCUT2D eigenvalue weighted by Crippen LogP contribution is 2.36. The van der Waals surface area contributed by atoms with E-state index in [4.69, 9.17) is 0 Å². The zero-order valence-electron chi connectivity index (χ0n) is 16.5. The largest absolute Gasteiger partial charge is 0.356 e. The summed E-state index contributed by atoms with van der Waals surface area (Å²) in [7, 11) is 4.09. The van der Waals surface area contributed by atoms with Crippen molar-refractivity contribution in [1.82, 2.24) is 20.5 Å². The van der Waals surface area contributed by atoms with Crippen molar-refractivity contribution in [2.24, 2.45) is 10.9 Å². The van der Waals surface area contributed by atoms with E-state index in [-0.39, 0.29) is 24.0 Å². The smallest absolute Gasteiger partial charge is 0.191 e. The number of hydrogen-bond acceptors (Lipinski definition) is 5. The average molecular weight is 520 g/mol. The number of aryl methyl sites for hydroxylation is 2. The molecular weight excluding hydrogens is 489 g/mol. The molecule has 0 saturated carbocycles. The van der Waals surface area contributed by atoms with Crippen LogP contribution in [0, 0.1) is 19.8 Å². The highest BCUT2D eigenvalue weighted by molar-refractivity contribution is 14.0. The van der Waals surface area contributed by atoms with Gasteiger partial charge in [0.2, 0.25) is 0 Å². The second-order valence-electron chi connectivity index (χ2n) is 6.89. The number of aromatic nitrogens is 1. The van der Waals surface area contributed by atoms with Crippen LogP contribution < -0.4 is 10.6 Å². The summed E-state index contributed by atoms with van der Waals surface area (Å²) in [5.41, 5.74) is 1.11. The highest BCUT2D eigenvalue weighted by Gasteiger charge is 2.31. The van der Waals surface area contributed by atoms with Gasteiger partial charge in [0, 0.05) is 29.4 Å². The number of hydrogen-bond donors (Lipinski definition) is 2. The quantitative estimate of drug-likeness (QED) is 0.354. The van der Waals surface area contributed by atoms with Crippen LogP contribution in [0.4, 0.5) is 0 Å². The molecule has 150 valence electrons. The van der Waals surface area contributed by atoms with Crippen LogP contribution in [0.5, 0.6) is 0 Å². The van der Waals surface area contributed by atoms with Gasteiger partial charge < -0.3 is 10.6 Å². The zero-order valence-corrected chi connectivity index (χ0v) is 20.5. The maximum absolute atomic E-state index is 4.49. The van der Waals surface area contributed by atoms with Crippen molar-refractivity contribution in [3.05, 3.63) is 38.0 Å². The molecule has 2 aromatic heterocycles. The molecule has 1 fully saturated rings. The highest BCUT2D eigenvalue weighted by atomic mass is 127. The van der Waals surface area contributed by atoms with Gasteiger partial charge in [0.1, 0.15) is 0 Å². The van der Waals surface area contributed by atoms with Crippen molar-refractivity contribution in [2.45, 2.75) is 39.3 Å². The first kappa shape index (κ1) is 22.6. The number of thiophene rings is 1. The van der Waals surface area contributed by atoms with Gasteiger partial charge in [0.05, 0.1) is 17.2 Å². The molecular formula is C19H30IN5S2. The van der Waals surface area contributed by atoms with Gasteiger partial charge in [-0.1, -0.05) is 6.07 Å². The number of thiazole rings is 1. The maximum atomic E-state index is 4.49. The molecule has 3 rings (SSSR count). The molecule has 0 radical (unpaired) electrons. The molecule has 2 aromatic rings. The fraction of sp³-hybridized carbons (Fsp3) is 0.579. The summed E-state index contributed by atoms with van der Waals surface area (Å²) in [6.45, 7) is 7.01. The Kier molecular flexibility index (Phi) is 8.97. The van der Waals surface area contributed by atoms with Crippen LogP contribution in [0.15, 0.2) is 22.5 Å². The van der Waals surface area contributed by atoms with Crippen LogP contribution in [0.1, 0.15) is 39.3 Å². The molecule has 1 saturated heterocycles. The summed E-state index contributed by atoms with van der Waals surface area (Å²) in [6.07, 6.45) is 2.51. The number of nitrogens with one attached hydrogen (secondary N) is 2. The predicted molar refractivity (Wildman–Crippen MR) is 128 cm³/mol. The lowest BCUT2D eigenvalue weighted by Crippen LogP contribution is -2.44. The lowest BCUT2D eigenvalue weighted by atomic mass is 9.88. The van der Waals surface area contributed by atoms with Gasteiger partial charge in [-0.05, 0) is 57.6 Å². The third kappa shape index (κ3) is 5.88. The van der Waals surface area contributed by atoms with Crippen LogP contribution >= 0.6 is 46.7 Å². The first-order chi connectivity index (χ1) is 12.6. The summed E-state index contributed by atoms with van der Waals surface area (Å²) in [4.78, 5) is 14.1. The fourth-order valence-corrected chi connectivity index (χ4v) is 5.59. The van der Waals surface area contributed by atoms with Gasteiger partial charge in [-0.15, -0.1) is 46.7 Å². The number of nitrogens with zero attached hydrogens (tertiary/aromatic N) is 3. The molecule has 27 heavy (non-hydrogen) atoms. The number of rotatable bonds is 5. The van der Waals surface area contributed by atoms with E-state index < -0.39 is 0 Å². The summed E-state index contributed by atoms with van der Waals surface area (Å²) in [5, 5.41) is 10.3. The minimum Gasteiger partial charge on any atom is -0.356 e. The van der Waals surface area contributed by atoms with Crippen LogP contribution in [-0.2, 0) is 6.54 Å². The first-order valence-corrected chi connectivity index (χ1v) is 10.9. The van der Waals surface area contributed by atoms with Crippen LogP contribution in [0.25, 0.3) is 0 Å². The SMILES string of the molecule is CN=C(NCc1sc(C)nc1C)NCC1CCCN(C)C1c1cccs1.I. The fourth-order valence-electron chi connectivity index (χ4n) is 3.73. The van der Waals surface area contributed by atoms with Crippen LogP contribution in [-0.4, -0.2) is 43.0 Å². The lowest BCUT2D eigenvalue weighted by molar-refractivity contribution is 0.125. The second-order valence-corrected chi connectivity index (χ2v) is 9.16. The van der Waals surface area contributed by atoms with E-state index in [0.717, 1.165) is 29.8 Å². The first-order valence-electron chi connectivity index (χ1n) is 9.19.